The number of ketones is 2. The molecule has 94 valence electrons. The highest BCUT2D eigenvalue weighted by atomic mass is 16.1. The molecule has 2 aliphatic carbocycles. The van der Waals surface area contributed by atoms with Gasteiger partial charge >= 0.3 is 0 Å². The molecule has 1 aromatic rings. The van der Waals surface area contributed by atoms with Gasteiger partial charge in [-0.2, -0.15) is 5.26 Å². The summed E-state index contributed by atoms with van der Waals surface area (Å²) in [6.07, 6.45) is 3.58. The Morgan fingerprint density at radius 1 is 1.32 bits per heavy atom. The summed E-state index contributed by atoms with van der Waals surface area (Å²) in [5.41, 5.74) is -0.232. The lowest BCUT2D eigenvalue weighted by atomic mass is 9.74. The third-order valence-electron chi connectivity index (χ3n) is 4.26. The second kappa shape index (κ2) is 4.17. The summed E-state index contributed by atoms with van der Waals surface area (Å²) < 4.78 is 0. The van der Waals surface area contributed by atoms with Gasteiger partial charge in [0.15, 0.2) is 11.6 Å². The van der Waals surface area contributed by atoms with Gasteiger partial charge in [-0.1, -0.05) is 36.4 Å². The van der Waals surface area contributed by atoms with Crippen LogP contribution in [0.5, 0.6) is 0 Å². The molecule has 3 heteroatoms. The summed E-state index contributed by atoms with van der Waals surface area (Å²) in [5, 5.41) is 9.50. The van der Waals surface area contributed by atoms with Crippen LogP contribution in [0, 0.1) is 22.7 Å². The zero-order valence-electron chi connectivity index (χ0n) is 10.4. The third-order valence-corrected chi connectivity index (χ3v) is 4.26. The molecular formula is C16H13NO2. The van der Waals surface area contributed by atoms with E-state index in [0.29, 0.717) is 30.4 Å². The number of hydrogen-bond acceptors (Lipinski definition) is 3. The number of rotatable bonds is 2. The van der Waals surface area contributed by atoms with Gasteiger partial charge in [0.25, 0.3) is 0 Å². The van der Waals surface area contributed by atoms with Crippen molar-refractivity contribution in [2.75, 3.05) is 0 Å². The van der Waals surface area contributed by atoms with Crippen molar-refractivity contribution in [2.45, 2.75) is 19.3 Å². The Kier molecular flexibility index (Phi) is 2.60. The Hall–Kier alpha value is -2.21. The van der Waals surface area contributed by atoms with Crippen molar-refractivity contribution in [1.29, 1.82) is 5.26 Å². The molecule has 3 rings (SSSR count). The number of Topliss-reactive ketones (excluding diaryl/α,β-unsaturated/α-hetero) is 2. The molecule has 1 aromatic carbocycles. The van der Waals surface area contributed by atoms with Gasteiger partial charge in [0, 0.05) is 17.6 Å². The summed E-state index contributed by atoms with van der Waals surface area (Å²) in [7, 11) is 0. The molecule has 0 amide bonds. The quantitative estimate of drug-likeness (QED) is 0.759. The Balaban J connectivity index is 2.05. The lowest BCUT2D eigenvalue weighted by Gasteiger charge is -2.22. The molecule has 1 saturated carbocycles. The molecule has 0 heterocycles. The number of benzene rings is 1. The van der Waals surface area contributed by atoms with Crippen molar-refractivity contribution >= 4 is 11.6 Å². The van der Waals surface area contributed by atoms with Crippen LogP contribution < -0.4 is 0 Å². The van der Waals surface area contributed by atoms with Crippen LogP contribution in [0.3, 0.4) is 0 Å². The molecule has 0 bridgehead atoms. The molecule has 0 saturated heterocycles. The average molecular weight is 251 g/mol. The van der Waals surface area contributed by atoms with Crippen LogP contribution in [-0.4, -0.2) is 11.6 Å². The summed E-state index contributed by atoms with van der Waals surface area (Å²) in [4.78, 5) is 24.7. The van der Waals surface area contributed by atoms with Crippen molar-refractivity contribution in [3.05, 3.63) is 47.5 Å². The van der Waals surface area contributed by atoms with Gasteiger partial charge in [0.2, 0.25) is 0 Å². The van der Waals surface area contributed by atoms with Gasteiger partial charge in [-0.25, -0.2) is 0 Å². The number of carbonyl (C=O) groups excluding carboxylic acids is 2. The fourth-order valence-electron chi connectivity index (χ4n) is 3.26. The minimum absolute atomic E-state index is 0.00679. The van der Waals surface area contributed by atoms with Crippen LogP contribution in [0.2, 0.25) is 0 Å². The van der Waals surface area contributed by atoms with Crippen molar-refractivity contribution in [1.82, 2.24) is 0 Å². The molecule has 0 radical (unpaired) electrons. The Morgan fingerprint density at radius 3 is 2.74 bits per heavy atom. The number of fused-ring (bicyclic) bond motifs is 1. The van der Waals surface area contributed by atoms with E-state index in [4.69, 9.17) is 0 Å². The lowest BCUT2D eigenvalue weighted by molar-refractivity contribution is -0.122. The maximum absolute atomic E-state index is 12.5. The molecule has 0 aliphatic heterocycles. The lowest BCUT2D eigenvalue weighted by Crippen LogP contribution is -2.32. The Labute approximate surface area is 111 Å². The van der Waals surface area contributed by atoms with Crippen LogP contribution in [0.1, 0.15) is 29.6 Å². The van der Waals surface area contributed by atoms with E-state index < -0.39 is 5.41 Å². The van der Waals surface area contributed by atoms with Gasteiger partial charge in [0.05, 0.1) is 6.07 Å². The monoisotopic (exact) mass is 251 g/mol. The first kappa shape index (κ1) is 11.9. The maximum atomic E-state index is 12.5. The third kappa shape index (κ3) is 1.50. The maximum Gasteiger partial charge on any atom is 0.190 e. The van der Waals surface area contributed by atoms with E-state index in [1.807, 2.05) is 6.07 Å². The normalized spacial score (nSPS) is 28.7. The molecule has 0 N–H and O–H groups in total. The highest BCUT2D eigenvalue weighted by Gasteiger charge is 2.57. The smallest absolute Gasteiger partial charge is 0.190 e. The van der Waals surface area contributed by atoms with E-state index in [1.165, 1.54) is 0 Å². The minimum Gasteiger partial charge on any atom is -0.298 e. The molecule has 0 spiro atoms. The van der Waals surface area contributed by atoms with E-state index in [-0.39, 0.29) is 17.5 Å². The van der Waals surface area contributed by atoms with Crippen molar-refractivity contribution < 1.29 is 9.59 Å². The average Bonchev–Trinajstić information content (AvgIpc) is 2.98. The summed E-state index contributed by atoms with van der Waals surface area (Å²) in [6.45, 7) is 0. The number of hydrogen-bond donors (Lipinski definition) is 0. The summed E-state index contributed by atoms with van der Waals surface area (Å²) in [5.74, 6) is -0.277. The van der Waals surface area contributed by atoms with Gasteiger partial charge in [-0.05, 0) is 18.8 Å². The molecule has 2 unspecified atom stereocenters. The minimum atomic E-state index is -1.17. The SMILES string of the molecule is N#CC12C(=O)CCC1CC=C2C(=O)c1ccccc1. The number of nitriles is 1. The molecule has 2 aliphatic rings. The highest BCUT2D eigenvalue weighted by Crippen LogP contribution is 2.52. The number of allylic oxidation sites excluding steroid dienone is 2. The topological polar surface area (TPSA) is 57.9 Å². The molecule has 0 aromatic heterocycles. The number of nitrogens with zero attached hydrogens (tertiary/aromatic N) is 1. The van der Waals surface area contributed by atoms with E-state index in [9.17, 15) is 14.9 Å². The second-order valence-corrected chi connectivity index (χ2v) is 5.13. The van der Waals surface area contributed by atoms with Crippen molar-refractivity contribution in [2.24, 2.45) is 11.3 Å². The zero-order valence-corrected chi connectivity index (χ0v) is 10.4. The Morgan fingerprint density at radius 2 is 2.05 bits per heavy atom. The van der Waals surface area contributed by atoms with Crippen LogP contribution in [0.25, 0.3) is 0 Å². The van der Waals surface area contributed by atoms with Gasteiger partial charge < -0.3 is 0 Å². The molecule has 1 fully saturated rings. The molecular weight excluding hydrogens is 238 g/mol. The highest BCUT2D eigenvalue weighted by molar-refractivity contribution is 6.15. The van der Waals surface area contributed by atoms with Crippen molar-refractivity contribution in [3.8, 4) is 6.07 Å². The standard InChI is InChI=1S/C16H13NO2/c17-10-16-12(7-9-14(16)18)6-8-13(16)15(19)11-4-2-1-3-5-11/h1-5,8,12H,6-7,9H2. The van der Waals surface area contributed by atoms with Gasteiger partial charge in [-0.15, -0.1) is 0 Å². The summed E-state index contributed by atoms with van der Waals surface area (Å²) >= 11 is 0. The van der Waals surface area contributed by atoms with Crippen LogP contribution in [-0.2, 0) is 4.79 Å². The predicted octanol–water partition coefficient (Wildman–Crippen LogP) is 2.69. The summed E-state index contributed by atoms with van der Waals surface area (Å²) in [6, 6.07) is 11.0. The van der Waals surface area contributed by atoms with Gasteiger partial charge in [-0.3, -0.25) is 9.59 Å². The van der Waals surface area contributed by atoms with E-state index in [0.717, 1.165) is 0 Å². The van der Waals surface area contributed by atoms with Crippen LogP contribution in [0.4, 0.5) is 0 Å². The molecule has 19 heavy (non-hydrogen) atoms. The van der Waals surface area contributed by atoms with Crippen molar-refractivity contribution in [3.63, 3.8) is 0 Å². The fourth-order valence-corrected chi connectivity index (χ4v) is 3.26. The Bertz CT molecular complexity index is 624. The first-order valence-electron chi connectivity index (χ1n) is 6.45. The largest absolute Gasteiger partial charge is 0.298 e. The van der Waals surface area contributed by atoms with E-state index >= 15 is 0 Å². The molecule has 2 atom stereocenters. The first-order valence-corrected chi connectivity index (χ1v) is 6.45. The molecule has 3 nitrogen and oxygen atoms in total. The van der Waals surface area contributed by atoms with Gasteiger partial charge in [0.1, 0.15) is 5.41 Å². The second-order valence-electron chi connectivity index (χ2n) is 5.13. The zero-order chi connectivity index (χ0) is 13.5. The first-order chi connectivity index (χ1) is 9.20. The van der Waals surface area contributed by atoms with Crippen LogP contribution in [0.15, 0.2) is 42.0 Å². The van der Waals surface area contributed by atoms with E-state index in [2.05, 4.69) is 6.07 Å². The van der Waals surface area contributed by atoms with Crippen LogP contribution >= 0.6 is 0 Å². The number of carbonyl (C=O) groups is 2. The fraction of sp³-hybridized carbons (Fsp3) is 0.312. The predicted molar refractivity (Wildman–Crippen MR) is 69.2 cm³/mol. The van der Waals surface area contributed by atoms with E-state index in [1.54, 1.807) is 30.3 Å².